The number of amides is 1. The van der Waals surface area contributed by atoms with E-state index in [-0.39, 0.29) is 0 Å². The second kappa shape index (κ2) is 7.55. The average molecular weight is 346 g/mol. The van der Waals surface area contributed by atoms with Gasteiger partial charge < -0.3 is 10.2 Å². The lowest BCUT2D eigenvalue weighted by Crippen LogP contribution is -2.40. The molecule has 0 aromatic carbocycles. The summed E-state index contributed by atoms with van der Waals surface area (Å²) in [5.41, 5.74) is -1.56. The second-order valence-corrected chi connectivity index (χ2v) is 6.88. The number of likely N-dealkylation sites (tertiary alicyclic amines) is 1. The van der Waals surface area contributed by atoms with Gasteiger partial charge in [0.2, 0.25) is 0 Å². The summed E-state index contributed by atoms with van der Waals surface area (Å²) in [4.78, 5) is 14.4. The quantitative estimate of drug-likeness (QED) is 0.834. The molecular weight excluding hydrogens is 321 g/mol. The highest BCUT2D eigenvalue weighted by Gasteiger charge is 2.38. The molecule has 1 aliphatic heterocycles. The van der Waals surface area contributed by atoms with Crippen molar-refractivity contribution >= 4 is 5.91 Å². The van der Waals surface area contributed by atoms with E-state index in [0.29, 0.717) is 24.8 Å². The largest absolute Gasteiger partial charge is 0.435 e. The highest BCUT2D eigenvalue weighted by atomic mass is 19.4. The van der Waals surface area contributed by atoms with Crippen molar-refractivity contribution in [2.24, 2.45) is 18.9 Å². The normalized spacial score (nSPS) is 22.6. The van der Waals surface area contributed by atoms with E-state index in [1.165, 1.54) is 13.5 Å². The summed E-state index contributed by atoms with van der Waals surface area (Å²) in [5, 5.41) is 5.91. The van der Waals surface area contributed by atoms with Gasteiger partial charge in [-0.2, -0.15) is 18.3 Å². The number of aromatic nitrogens is 2. The molecule has 5 nitrogen and oxygen atoms in total. The number of aryl methyl sites for hydroxylation is 1. The lowest BCUT2D eigenvalue weighted by molar-refractivity contribution is -0.141. The van der Waals surface area contributed by atoms with Crippen LogP contribution in [0.4, 0.5) is 13.2 Å². The van der Waals surface area contributed by atoms with Crippen molar-refractivity contribution in [2.45, 2.75) is 32.9 Å². The van der Waals surface area contributed by atoms with Crippen molar-refractivity contribution in [2.75, 3.05) is 26.2 Å². The van der Waals surface area contributed by atoms with Crippen molar-refractivity contribution in [1.82, 2.24) is 20.0 Å². The summed E-state index contributed by atoms with van der Waals surface area (Å²) in [7, 11) is 1.37. The van der Waals surface area contributed by atoms with E-state index in [0.717, 1.165) is 30.5 Å². The monoisotopic (exact) mass is 346 g/mol. The summed E-state index contributed by atoms with van der Waals surface area (Å²) in [6.45, 7) is 7.73. The SMILES string of the molecule is C[C@@H]1C[C@H](C)CN(CCCNC(=O)c2cn(C)nc2C(F)(F)F)C1. The molecule has 24 heavy (non-hydrogen) atoms. The minimum Gasteiger partial charge on any atom is -0.352 e. The number of carbonyl (C=O) groups excluding carboxylic acids is 1. The van der Waals surface area contributed by atoms with Crippen molar-refractivity contribution < 1.29 is 18.0 Å². The highest BCUT2D eigenvalue weighted by molar-refractivity contribution is 5.95. The van der Waals surface area contributed by atoms with Gasteiger partial charge in [0.1, 0.15) is 0 Å². The highest BCUT2D eigenvalue weighted by Crippen LogP contribution is 2.30. The molecule has 1 N–H and O–H groups in total. The molecule has 0 spiro atoms. The third kappa shape index (κ3) is 4.96. The van der Waals surface area contributed by atoms with Gasteiger partial charge in [-0.15, -0.1) is 0 Å². The Kier molecular flexibility index (Phi) is 5.90. The van der Waals surface area contributed by atoms with Gasteiger partial charge in [0.15, 0.2) is 5.69 Å². The predicted octanol–water partition coefficient (Wildman–Crippen LogP) is 2.54. The lowest BCUT2D eigenvalue weighted by atomic mass is 9.92. The van der Waals surface area contributed by atoms with Gasteiger partial charge in [-0.3, -0.25) is 9.48 Å². The van der Waals surface area contributed by atoms with E-state index in [2.05, 4.69) is 29.2 Å². The maximum absolute atomic E-state index is 12.9. The Morgan fingerprint density at radius 1 is 1.33 bits per heavy atom. The molecule has 136 valence electrons. The first-order chi connectivity index (χ1) is 11.2. The number of nitrogens with zero attached hydrogens (tertiary/aromatic N) is 3. The first kappa shape index (κ1) is 18.8. The Bertz CT molecular complexity index is 560. The van der Waals surface area contributed by atoms with Crippen LogP contribution in [0.15, 0.2) is 6.20 Å². The molecule has 1 aromatic heterocycles. The number of alkyl halides is 3. The zero-order valence-electron chi connectivity index (χ0n) is 14.4. The molecule has 2 atom stereocenters. The molecule has 0 bridgehead atoms. The maximum Gasteiger partial charge on any atom is 0.435 e. The van der Waals surface area contributed by atoms with Gasteiger partial charge >= 0.3 is 6.18 Å². The average Bonchev–Trinajstić information content (AvgIpc) is 2.84. The molecule has 2 rings (SSSR count). The Hall–Kier alpha value is -1.57. The maximum atomic E-state index is 12.9. The summed E-state index contributed by atoms with van der Waals surface area (Å²) < 4.78 is 39.6. The van der Waals surface area contributed by atoms with E-state index in [1.807, 2.05) is 0 Å². The van der Waals surface area contributed by atoms with Crippen LogP contribution in [0.25, 0.3) is 0 Å². The molecule has 1 aliphatic rings. The van der Waals surface area contributed by atoms with Gasteiger partial charge in [-0.1, -0.05) is 13.8 Å². The minimum absolute atomic E-state index is 0.351. The molecular formula is C16H25F3N4O. The summed E-state index contributed by atoms with van der Waals surface area (Å²) in [5.74, 6) is 0.594. The van der Waals surface area contributed by atoms with Crippen LogP contribution in [0.2, 0.25) is 0 Å². The molecule has 1 aromatic rings. The summed E-state index contributed by atoms with van der Waals surface area (Å²) in [6.07, 6.45) is -1.58. The molecule has 1 fully saturated rings. The van der Waals surface area contributed by atoms with Crippen molar-refractivity contribution in [3.05, 3.63) is 17.5 Å². The second-order valence-electron chi connectivity index (χ2n) is 6.88. The van der Waals surface area contributed by atoms with Crippen LogP contribution in [-0.4, -0.2) is 46.8 Å². The fourth-order valence-electron chi connectivity index (χ4n) is 3.44. The van der Waals surface area contributed by atoms with E-state index in [1.54, 1.807) is 0 Å². The molecule has 0 aliphatic carbocycles. The molecule has 0 saturated carbocycles. The minimum atomic E-state index is -4.63. The Balaban J connectivity index is 1.82. The van der Waals surface area contributed by atoms with E-state index < -0.39 is 23.3 Å². The zero-order chi connectivity index (χ0) is 17.9. The number of piperidine rings is 1. The first-order valence-corrected chi connectivity index (χ1v) is 8.28. The standard InChI is InChI=1S/C16H25F3N4O/c1-11-7-12(2)9-23(8-11)6-4-5-20-15(24)13-10-22(3)21-14(13)16(17,18)19/h10-12H,4-9H2,1-3H3,(H,20,24)/t11-,12+. The van der Waals surface area contributed by atoms with Crippen molar-refractivity contribution in [1.29, 1.82) is 0 Å². The van der Waals surface area contributed by atoms with E-state index in [9.17, 15) is 18.0 Å². The third-order valence-electron chi connectivity index (χ3n) is 4.22. The van der Waals surface area contributed by atoms with E-state index in [4.69, 9.17) is 0 Å². The third-order valence-corrected chi connectivity index (χ3v) is 4.22. The number of hydrogen-bond acceptors (Lipinski definition) is 3. The summed E-state index contributed by atoms with van der Waals surface area (Å²) >= 11 is 0. The number of nitrogens with one attached hydrogen (secondary N) is 1. The van der Waals surface area contributed by atoms with Gasteiger partial charge in [-0.05, 0) is 31.2 Å². The fourth-order valence-corrected chi connectivity index (χ4v) is 3.44. The van der Waals surface area contributed by atoms with Crippen LogP contribution in [0.5, 0.6) is 0 Å². The molecule has 1 saturated heterocycles. The number of carbonyl (C=O) groups is 1. The van der Waals surface area contributed by atoms with Crippen LogP contribution in [0.3, 0.4) is 0 Å². The Morgan fingerprint density at radius 3 is 2.54 bits per heavy atom. The van der Waals surface area contributed by atoms with Gasteiger partial charge in [0.05, 0.1) is 5.56 Å². The molecule has 0 radical (unpaired) electrons. The zero-order valence-corrected chi connectivity index (χ0v) is 14.4. The Morgan fingerprint density at radius 2 is 1.96 bits per heavy atom. The molecule has 1 amide bonds. The Labute approximate surface area is 140 Å². The topological polar surface area (TPSA) is 50.2 Å². The molecule has 2 heterocycles. The van der Waals surface area contributed by atoms with Crippen LogP contribution < -0.4 is 5.32 Å². The van der Waals surface area contributed by atoms with Crippen molar-refractivity contribution in [3.63, 3.8) is 0 Å². The van der Waals surface area contributed by atoms with Crippen LogP contribution in [-0.2, 0) is 13.2 Å². The molecule has 0 unspecified atom stereocenters. The summed E-state index contributed by atoms with van der Waals surface area (Å²) in [6, 6.07) is 0. The van der Waals surface area contributed by atoms with Gasteiger partial charge in [0.25, 0.3) is 5.91 Å². The van der Waals surface area contributed by atoms with Crippen LogP contribution >= 0.6 is 0 Å². The molecule has 8 heteroatoms. The van der Waals surface area contributed by atoms with E-state index >= 15 is 0 Å². The fraction of sp³-hybridized carbons (Fsp3) is 0.750. The van der Waals surface area contributed by atoms with Gasteiger partial charge in [0, 0.05) is 32.9 Å². The van der Waals surface area contributed by atoms with Crippen LogP contribution in [0.1, 0.15) is 42.7 Å². The number of hydrogen-bond donors (Lipinski definition) is 1. The number of rotatable bonds is 5. The van der Waals surface area contributed by atoms with Crippen molar-refractivity contribution in [3.8, 4) is 0 Å². The van der Waals surface area contributed by atoms with Crippen LogP contribution in [0, 0.1) is 11.8 Å². The first-order valence-electron chi connectivity index (χ1n) is 8.28. The van der Waals surface area contributed by atoms with Gasteiger partial charge in [-0.25, -0.2) is 0 Å². The predicted molar refractivity (Wildman–Crippen MR) is 84.5 cm³/mol. The number of halogens is 3. The smallest absolute Gasteiger partial charge is 0.352 e. The lowest BCUT2D eigenvalue weighted by Gasteiger charge is -2.34.